The number of carbonyl (C=O) groups is 1. The molecule has 128 valence electrons. The first-order valence-electron chi connectivity index (χ1n) is 8.03. The summed E-state index contributed by atoms with van der Waals surface area (Å²) >= 11 is 3.23. The van der Waals surface area contributed by atoms with Crippen molar-refractivity contribution in [2.45, 2.75) is 48.5 Å². The van der Waals surface area contributed by atoms with Crippen LogP contribution < -0.4 is 4.90 Å². The van der Waals surface area contributed by atoms with Crippen molar-refractivity contribution in [3.8, 4) is 0 Å². The minimum Gasteiger partial charge on any atom is -0.311 e. The lowest BCUT2D eigenvalue weighted by Gasteiger charge is -2.22. The number of amides is 1. The van der Waals surface area contributed by atoms with Gasteiger partial charge in [0.15, 0.2) is 0 Å². The number of para-hydroxylation sites is 1. The smallest absolute Gasteiger partial charge is 0.237 e. The van der Waals surface area contributed by atoms with E-state index in [9.17, 15) is 4.79 Å². The third kappa shape index (κ3) is 3.75. The first kappa shape index (κ1) is 17.3. The van der Waals surface area contributed by atoms with E-state index in [0.717, 1.165) is 18.7 Å². The highest BCUT2D eigenvalue weighted by molar-refractivity contribution is 8.00. The zero-order chi connectivity index (χ0) is 17.1. The predicted octanol–water partition coefficient (Wildman–Crippen LogP) is 3.26. The average Bonchev–Trinajstić information content (AvgIpc) is 2.96. The number of carbonyl (C=O) groups excluding carboxylic acids is 1. The SMILES string of the molecule is CC1CCN(C(=O)CSc2nnnn2C(C)C)c2ccccc2S1. The quantitative estimate of drug-likeness (QED) is 0.777. The van der Waals surface area contributed by atoms with Crippen LogP contribution in [0.4, 0.5) is 5.69 Å². The zero-order valence-corrected chi connectivity index (χ0v) is 15.7. The fourth-order valence-corrected chi connectivity index (χ4v) is 4.55. The number of rotatable bonds is 4. The van der Waals surface area contributed by atoms with Crippen molar-refractivity contribution in [1.82, 2.24) is 20.2 Å². The molecule has 1 amide bonds. The van der Waals surface area contributed by atoms with Crippen LogP contribution in [0.15, 0.2) is 34.3 Å². The number of aromatic nitrogens is 4. The van der Waals surface area contributed by atoms with Gasteiger partial charge in [-0.25, -0.2) is 4.68 Å². The maximum atomic E-state index is 12.8. The van der Waals surface area contributed by atoms with E-state index < -0.39 is 0 Å². The van der Waals surface area contributed by atoms with Crippen LogP contribution in [0.3, 0.4) is 0 Å². The fraction of sp³-hybridized carbons (Fsp3) is 0.500. The molecule has 0 saturated heterocycles. The molecule has 1 unspecified atom stereocenters. The molecule has 6 nitrogen and oxygen atoms in total. The van der Waals surface area contributed by atoms with Gasteiger partial charge in [-0.05, 0) is 42.8 Å². The second kappa shape index (κ2) is 7.57. The molecule has 1 atom stereocenters. The lowest BCUT2D eigenvalue weighted by atomic mass is 10.2. The molecule has 0 fully saturated rings. The van der Waals surface area contributed by atoms with E-state index in [1.807, 2.05) is 48.7 Å². The molecule has 0 spiro atoms. The molecule has 2 aromatic rings. The van der Waals surface area contributed by atoms with E-state index in [-0.39, 0.29) is 11.9 Å². The maximum Gasteiger partial charge on any atom is 0.237 e. The highest BCUT2D eigenvalue weighted by Gasteiger charge is 2.24. The van der Waals surface area contributed by atoms with Crippen LogP contribution in [0.2, 0.25) is 0 Å². The topological polar surface area (TPSA) is 63.9 Å². The summed E-state index contributed by atoms with van der Waals surface area (Å²) in [7, 11) is 0. The summed E-state index contributed by atoms with van der Waals surface area (Å²) in [6, 6.07) is 8.31. The van der Waals surface area contributed by atoms with Gasteiger partial charge in [-0.1, -0.05) is 30.8 Å². The number of hydrogen-bond donors (Lipinski definition) is 0. The largest absolute Gasteiger partial charge is 0.311 e. The molecule has 24 heavy (non-hydrogen) atoms. The second-order valence-electron chi connectivity index (χ2n) is 6.02. The Morgan fingerprint density at radius 2 is 2.21 bits per heavy atom. The van der Waals surface area contributed by atoms with Crippen molar-refractivity contribution in [3.63, 3.8) is 0 Å². The molecular weight excluding hydrogens is 342 g/mol. The molecule has 2 heterocycles. The molecule has 0 N–H and O–H groups in total. The molecule has 1 aromatic carbocycles. The van der Waals surface area contributed by atoms with Crippen LogP contribution in [0.5, 0.6) is 0 Å². The Labute approximate surface area is 150 Å². The Morgan fingerprint density at radius 3 is 3.00 bits per heavy atom. The van der Waals surface area contributed by atoms with Crippen molar-refractivity contribution < 1.29 is 4.79 Å². The van der Waals surface area contributed by atoms with Crippen molar-refractivity contribution in [1.29, 1.82) is 0 Å². The first-order valence-corrected chi connectivity index (χ1v) is 9.89. The lowest BCUT2D eigenvalue weighted by Crippen LogP contribution is -2.33. The summed E-state index contributed by atoms with van der Waals surface area (Å²) in [6.45, 7) is 7.00. The Morgan fingerprint density at radius 1 is 1.42 bits per heavy atom. The Balaban J connectivity index is 1.74. The normalized spacial score (nSPS) is 17.7. The minimum absolute atomic E-state index is 0.0976. The number of nitrogens with zero attached hydrogens (tertiary/aromatic N) is 5. The zero-order valence-electron chi connectivity index (χ0n) is 14.0. The molecule has 0 radical (unpaired) electrons. The van der Waals surface area contributed by atoms with Gasteiger partial charge < -0.3 is 4.90 Å². The molecule has 1 aliphatic heterocycles. The predicted molar refractivity (Wildman–Crippen MR) is 97.7 cm³/mol. The number of hydrogen-bond acceptors (Lipinski definition) is 6. The molecule has 8 heteroatoms. The van der Waals surface area contributed by atoms with Gasteiger partial charge in [0.1, 0.15) is 0 Å². The van der Waals surface area contributed by atoms with E-state index in [0.29, 0.717) is 16.2 Å². The number of tetrazole rings is 1. The highest BCUT2D eigenvalue weighted by Crippen LogP contribution is 2.37. The number of benzene rings is 1. The molecule has 0 saturated carbocycles. The monoisotopic (exact) mass is 363 g/mol. The molecule has 1 aromatic heterocycles. The van der Waals surface area contributed by atoms with E-state index >= 15 is 0 Å². The van der Waals surface area contributed by atoms with Crippen LogP contribution >= 0.6 is 23.5 Å². The van der Waals surface area contributed by atoms with Crippen LogP contribution in [-0.4, -0.2) is 43.7 Å². The van der Waals surface area contributed by atoms with Gasteiger partial charge in [-0.2, -0.15) is 0 Å². The second-order valence-corrected chi connectivity index (χ2v) is 8.44. The van der Waals surface area contributed by atoms with E-state index in [1.54, 1.807) is 4.68 Å². The Hall–Kier alpha value is -1.54. The van der Waals surface area contributed by atoms with Crippen LogP contribution in [0, 0.1) is 0 Å². The van der Waals surface area contributed by atoms with Crippen LogP contribution in [0.1, 0.15) is 33.2 Å². The van der Waals surface area contributed by atoms with Gasteiger partial charge in [0.2, 0.25) is 11.1 Å². The maximum absolute atomic E-state index is 12.8. The van der Waals surface area contributed by atoms with Gasteiger partial charge >= 0.3 is 0 Å². The third-order valence-electron chi connectivity index (χ3n) is 3.82. The van der Waals surface area contributed by atoms with Crippen molar-refractivity contribution in [2.24, 2.45) is 0 Å². The standard InChI is InChI=1S/C16H21N5OS2/c1-11(2)21-16(17-18-19-21)23-10-15(22)20-9-8-12(3)24-14-7-5-4-6-13(14)20/h4-7,11-12H,8-10H2,1-3H3. The molecule has 3 rings (SSSR count). The third-order valence-corrected chi connectivity index (χ3v) is 5.98. The summed E-state index contributed by atoms with van der Waals surface area (Å²) in [4.78, 5) is 15.9. The van der Waals surface area contributed by atoms with Crippen LogP contribution in [-0.2, 0) is 4.79 Å². The van der Waals surface area contributed by atoms with Crippen molar-refractivity contribution in [2.75, 3.05) is 17.2 Å². The van der Waals surface area contributed by atoms with Gasteiger partial charge in [0.25, 0.3) is 0 Å². The van der Waals surface area contributed by atoms with Gasteiger partial charge in [0, 0.05) is 16.7 Å². The molecular formula is C16H21N5OS2. The highest BCUT2D eigenvalue weighted by atomic mass is 32.2. The molecule has 0 aliphatic carbocycles. The first-order chi connectivity index (χ1) is 11.6. The minimum atomic E-state index is 0.0976. The van der Waals surface area contributed by atoms with Crippen molar-refractivity contribution in [3.05, 3.63) is 24.3 Å². The van der Waals surface area contributed by atoms with E-state index in [1.165, 1.54) is 16.7 Å². The van der Waals surface area contributed by atoms with E-state index in [4.69, 9.17) is 0 Å². The van der Waals surface area contributed by atoms with E-state index in [2.05, 4.69) is 28.5 Å². The summed E-state index contributed by atoms with van der Waals surface area (Å²) in [6.07, 6.45) is 0.986. The number of fused-ring (bicyclic) bond motifs is 1. The summed E-state index contributed by atoms with van der Waals surface area (Å²) in [5.74, 6) is 0.431. The molecule has 1 aliphatic rings. The summed E-state index contributed by atoms with van der Waals surface area (Å²) < 4.78 is 1.74. The van der Waals surface area contributed by atoms with Crippen molar-refractivity contribution >= 4 is 35.1 Å². The van der Waals surface area contributed by atoms with Gasteiger partial charge in [-0.3, -0.25) is 4.79 Å². The fourth-order valence-electron chi connectivity index (χ4n) is 2.55. The average molecular weight is 364 g/mol. The van der Waals surface area contributed by atoms with Gasteiger partial charge in [-0.15, -0.1) is 16.9 Å². The lowest BCUT2D eigenvalue weighted by molar-refractivity contribution is -0.116. The number of anilines is 1. The summed E-state index contributed by atoms with van der Waals surface area (Å²) in [5.41, 5.74) is 1.01. The summed E-state index contributed by atoms with van der Waals surface area (Å²) in [5, 5.41) is 12.9. The Kier molecular flexibility index (Phi) is 5.45. The Bertz CT molecular complexity index is 718. The molecule has 0 bridgehead atoms. The van der Waals surface area contributed by atoms with Crippen LogP contribution in [0.25, 0.3) is 0 Å². The number of thioether (sulfide) groups is 2. The van der Waals surface area contributed by atoms with Gasteiger partial charge in [0.05, 0.1) is 17.5 Å².